The van der Waals surface area contributed by atoms with Crippen molar-refractivity contribution < 1.29 is 27.1 Å². The number of ether oxygens (including phenoxy) is 1. The molecular formula is C12H9ClF4N4O2. The van der Waals surface area contributed by atoms with Crippen molar-refractivity contribution in [1.82, 2.24) is 14.8 Å². The van der Waals surface area contributed by atoms with Gasteiger partial charge in [0.05, 0.1) is 5.02 Å². The number of anilines is 1. The Balaban J connectivity index is 1.99. The van der Waals surface area contributed by atoms with Gasteiger partial charge in [-0.15, -0.1) is 5.10 Å². The molecule has 0 spiro atoms. The Morgan fingerprint density at radius 3 is 2.70 bits per heavy atom. The molecule has 124 valence electrons. The molecule has 0 unspecified atom stereocenters. The standard InChI is InChI=1S/C12H9ClF4N4O2/c1-21-11(19-10(20-21)12(15,16)17)18-9(22)5-23-8-3-2-6(14)4-7(8)13/h2-4H,5H2,1H3,(H,18,19,20,22). The number of carbonyl (C=O) groups is 1. The molecular weight excluding hydrogens is 344 g/mol. The van der Waals surface area contributed by atoms with Gasteiger partial charge in [-0.1, -0.05) is 11.6 Å². The van der Waals surface area contributed by atoms with E-state index < -0.39 is 36.3 Å². The van der Waals surface area contributed by atoms with Gasteiger partial charge < -0.3 is 4.74 Å². The lowest BCUT2D eigenvalue weighted by Gasteiger charge is -2.08. The van der Waals surface area contributed by atoms with Crippen LogP contribution in [0.25, 0.3) is 0 Å². The molecule has 0 radical (unpaired) electrons. The van der Waals surface area contributed by atoms with Crippen molar-refractivity contribution in [2.45, 2.75) is 6.18 Å². The Labute approximate surface area is 132 Å². The lowest BCUT2D eigenvalue weighted by molar-refractivity contribution is -0.145. The van der Waals surface area contributed by atoms with Crippen LogP contribution in [-0.4, -0.2) is 27.3 Å². The van der Waals surface area contributed by atoms with Gasteiger partial charge in [-0.05, 0) is 18.2 Å². The quantitative estimate of drug-likeness (QED) is 0.859. The maximum absolute atomic E-state index is 12.8. The van der Waals surface area contributed by atoms with E-state index in [2.05, 4.69) is 15.4 Å². The zero-order valence-corrected chi connectivity index (χ0v) is 12.2. The van der Waals surface area contributed by atoms with Crippen LogP contribution in [0.3, 0.4) is 0 Å². The molecule has 6 nitrogen and oxygen atoms in total. The second-order valence-electron chi connectivity index (χ2n) is 4.29. The molecule has 1 N–H and O–H groups in total. The van der Waals surface area contributed by atoms with Gasteiger partial charge in [0.2, 0.25) is 5.95 Å². The molecule has 1 aromatic carbocycles. The zero-order chi connectivity index (χ0) is 17.2. The van der Waals surface area contributed by atoms with Gasteiger partial charge in [0.1, 0.15) is 11.6 Å². The molecule has 0 atom stereocenters. The van der Waals surface area contributed by atoms with Crippen LogP contribution >= 0.6 is 11.6 Å². The number of aromatic nitrogens is 3. The highest BCUT2D eigenvalue weighted by molar-refractivity contribution is 6.32. The largest absolute Gasteiger partial charge is 0.482 e. The lowest BCUT2D eigenvalue weighted by Crippen LogP contribution is -2.22. The van der Waals surface area contributed by atoms with Crippen LogP contribution in [0.2, 0.25) is 5.02 Å². The highest BCUT2D eigenvalue weighted by atomic mass is 35.5. The summed E-state index contributed by atoms with van der Waals surface area (Å²) in [4.78, 5) is 14.8. The topological polar surface area (TPSA) is 69.0 Å². The fourth-order valence-electron chi connectivity index (χ4n) is 1.51. The van der Waals surface area contributed by atoms with Gasteiger partial charge in [-0.2, -0.15) is 18.2 Å². The van der Waals surface area contributed by atoms with E-state index in [4.69, 9.17) is 16.3 Å². The summed E-state index contributed by atoms with van der Waals surface area (Å²) in [6.45, 7) is -0.556. The first-order valence-electron chi connectivity index (χ1n) is 6.03. The first-order chi connectivity index (χ1) is 10.7. The smallest absolute Gasteiger partial charge is 0.453 e. The Morgan fingerprint density at radius 2 is 2.13 bits per heavy atom. The molecule has 0 aliphatic carbocycles. The number of alkyl halides is 3. The zero-order valence-electron chi connectivity index (χ0n) is 11.5. The first-order valence-corrected chi connectivity index (χ1v) is 6.40. The normalized spacial score (nSPS) is 11.4. The maximum Gasteiger partial charge on any atom is 0.453 e. The second kappa shape index (κ2) is 6.41. The van der Waals surface area contributed by atoms with Crippen LogP contribution in [0, 0.1) is 5.82 Å². The number of benzene rings is 1. The van der Waals surface area contributed by atoms with Gasteiger partial charge in [0.25, 0.3) is 11.7 Å². The highest BCUT2D eigenvalue weighted by Crippen LogP contribution is 2.27. The van der Waals surface area contributed by atoms with E-state index >= 15 is 0 Å². The van der Waals surface area contributed by atoms with E-state index in [1.807, 2.05) is 0 Å². The minimum absolute atomic E-state index is 0.0455. The molecule has 0 aliphatic rings. The summed E-state index contributed by atoms with van der Waals surface area (Å²) < 4.78 is 56.0. The second-order valence-corrected chi connectivity index (χ2v) is 4.70. The third-order valence-electron chi connectivity index (χ3n) is 2.52. The summed E-state index contributed by atoms with van der Waals surface area (Å²) in [6.07, 6.45) is -4.72. The Bertz CT molecular complexity index is 732. The fourth-order valence-corrected chi connectivity index (χ4v) is 1.73. The summed E-state index contributed by atoms with van der Waals surface area (Å²) in [6, 6.07) is 3.29. The SMILES string of the molecule is Cn1nc(C(F)(F)F)nc1NC(=O)COc1ccc(F)cc1Cl. The monoisotopic (exact) mass is 352 g/mol. The number of hydrogen-bond donors (Lipinski definition) is 1. The Kier molecular flexibility index (Phi) is 4.73. The number of aryl methyl sites for hydroxylation is 1. The number of nitrogens with one attached hydrogen (secondary N) is 1. The number of nitrogens with zero attached hydrogens (tertiary/aromatic N) is 3. The van der Waals surface area contributed by atoms with Crippen molar-refractivity contribution in [2.75, 3.05) is 11.9 Å². The fraction of sp³-hybridized carbons (Fsp3) is 0.250. The minimum Gasteiger partial charge on any atom is -0.482 e. The molecule has 1 aromatic heterocycles. The predicted octanol–water partition coefficient (Wildman–Crippen LogP) is 2.64. The van der Waals surface area contributed by atoms with Crippen molar-refractivity contribution >= 4 is 23.5 Å². The van der Waals surface area contributed by atoms with Crippen LogP contribution in [0.4, 0.5) is 23.5 Å². The van der Waals surface area contributed by atoms with Crippen LogP contribution < -0.4 is 10.1 Å². The van der Waals surface area contributed by atoms with Crippen LogP contribution in [-0.2, 0) is 18.0 Å². The third-order valence-corrected chi connectivity index (χ3v) is 2.82. The summed E-state index contributed by atoms with van der Waals surface area (Å²) in [5.74, 6) is -3.08. The predicted molar refractivity (Wildman–Crippen MR) is 71.5 cm³/mol. The molecule has 0 saturated carbocycles. The van der Waals surface area contributed by atoms with Crippen LogP contribution in [0.1, 0.15) is 5.82 Å². The molecule has 0 fully saturated rings. The average molecular weight is 353 g/mol. The van der Waals surface area contributed by atoms with E-state index in [1.165, 1.54) is 13.1 Å². The van der Waals surface area contributed by atoms with Crippen LogP contribution in [0.5, 0.6) is 5.75 Å². The highest BCUT2D eigenvalue weighted by Gasteiger charge is 2.37. The van der Waals surface area contributed by atoms with Crippen molar-refractivity contribution in [2.24, 2.45) is 7.05 Å². The molecule has 0 bridgehead atoms. The number of rotatable bonds is 4. The molecule has 0 saturated heterocycles. The van der Waals surface area contributed by atoms with E-state index in [1.54, 1.807) is 0 Å². The van der Waals surface area contributed by atoms with E-state index in [0.29, 0.717) is 0 Å². The maximum atomic E-state index is 12.8. The summed E-state index contributed by atoms with van der Waals surface area (Å²) >= 11 is 5.70. The summed E-state index contributed by atoms with van der Waals surface area (Å²) in [5, 5.41) is 5.21. The molecule has 2 aromatic rings. The molecule has 23 heavy (non-hydrogen) atoms. The first kappa shape index (κ1) is 17.0. The Hall–Kier alpha value is -2.36. The minimum atomic E-state index is -4.72. The van der Waals surface area contributed by atoms with Crippen molar-refractivity contribution in [1.29, 1.82) is 0 Å². The van der Waals surface area contributed by atoms with Gasteiger partial charge in [-0.25, -0.2) is 9.07 Å². The van der Waals surface area contributed by atoms with E-state index in [9.17, 15) is 22.4 Å². The van der Waals surface area contributed by atoms with Crippen LogP contribution in [0.15, 0.2) is 18.2 Å². The van der Waals surface area contributed by atoms with Gasteiger partial charge >= 0.3 is 6.18 Å². The third kappa shape index (κ3) is 4.31. The van der Waals surface area contributed by atoms with Gasteiger partial charge in [0.15, 0.2) is 6.61 Å². The summed E-state index contributed by atoms with van der Waals surface area (Å²) in [5.41, 5.74) is 0. The number of amides is 1. The number of halogens is 5. The van der Waals surface area contributed by atoms with Crippen molar-refractivity contribution in [3.05, 3.63) is 34.9 Å². The molecule has 1 heterocycles. The van der Waals surface area contributed by atoms with Crippen molar-refractivity contribution in [3.63, 3.8) is 0 Å². The number of carbonyl (C=O) groups excluding carboxylic acids is 1. The lowest BCUT2D eigenvalue weighted by atomic mass is 10.3. The van der Waals surface area contributed by atoms with E-state index in [0.717, 1.165) is 16.8 Å². The van der Waals surface area contributed by atoms with Gasteiger partial charge in [-0.3, -0.25) is 10.1 Å². The molecule has 2 rings (SSSR count). The average Bonchev–Trinajstić information content (AvgIpc) is 2.79. The molecule has 11 heteroatoms. The Morgan fingerprint density at radius 1 is 1.43 bits per heavy atom. The molecule has 1 amide bonds. The summed E-state index contributed by atoms with van der Waals surface area (Å²) in [7, 11) is 1.19. The van der Waals surface area contributed by atoms with Crippen molar-refractivity contribution in [3.8, 4) is 5.75 Å². The van der Waals surface area contributed by atoms with E-state index in [-0.39, 0.29) is 10.8 Å². The molecule has 0 aliphatic heterocycles. The number of hydrogen-bond acceptors (Lipinski definition) is 4. The van der Waals surface area contributed by atoms with Gasteiger partial charge in [0, 0.05) is 7.05 Å².